The molecule has 13 rings (SSSR count). The molecule has 0 saturated carbocycles. The maximum Gasteiger partial charge on any atom is 2.00 e. The van der Waals surface area contributed by atoms with Crippen molar-refractivity contribution in [1.29, 1.82) is 0 Å². The summed E-state index contributed by atoms with van der Waals surface area (Å²) in [5, 5.41) is 3.59. The Morgan fingerprint density at radius 3 is 0.650 bits per heavy atom. The number of nitrogens with zero attached hydrogens (tertiary/aromatic N) is 16. The summed E-state index contributed by atoms with van der Waals surface area (Å²) in [4.78, 5) is 69.2. The molecule has 117 heavy (non-hydrogen) atoms. The smallest absolute Gasteiger partial charge is 0.357 e. The monoisotopic (exact) mass is 1590 g/mol. The van der Waals surface area contributed by atoms with Crippen LogP contribution in [-0.4, -0.2) is 91.2 Å². The molecule has 17 heteroatoms. The van der Waals surface area contributed by atoms with E-state index in [0.717, 1.165) is 191 Å². The standard InChI is InChI=1S/C100H144N16.Mg/c1-13-25-33-41-49-69(50-42-34-26-14-2)97-101-81-61-73-77(65-85(81)113(97)57-21-9)93-105-89(73)109-94-78-66-86-83(103-99(114(86)58-22-10)71(53-45-37-29-17-5)54-46-38-30-18-6)63-75(78)91(107-94)111-96-80-68-88-84(104-100(116(88)60-24-12)72(55-47-39-31-19-7)56-48-40-32-20-8)64-76(80)92(108-96)112-95-79-67-87-82(62-74(79)90(106-95)110-93)102-98(115(87)59-23-11)70(51-43-35-27-15-3)52-44-36-28-16-4;/h61-72H,13-60H2,1-12H3;/q-2;+2. The van der Waals surface area contributed by atoms with E-state index < -0.39 is 0 Å². The molecule has 8 bridgehead atoms. The van der Waals surface area contributed by atoms with E-state index in [2.05, 4.69) is 150 Å². The molecule has 0 saturated heterocycles. The quantitative estimate of drug-likeness (QED) is 0.0261. The Hall–Kier alpha value is -7.11. The van der Waals surface area contributed by atoms with Crippen molar-refractivity contribution in [3.63, 3.8) is 0 Å². The Morgan fingerprint density at radius 2 is 0.427 bits per heavy atom. The first-order chi connectivity index (χ1) is 57.0. The predicted octanol–water partition coefficient (Wildman–Crippen LogP) is 28.9. The Labute approximate surface area is 717 Å². The maximum atomic E-state index is 5.83. The Bertz CT molecular complexity index is 4810. The fraction of sp³-hybridized carbons (Fsp3) is 0.640. The number of hydrogen-bond acceptors (Lipinski definition) is 10. The van der Waals surface area contributed by atoms with E-state index in [1.807, 2.05) is 0 Å². The molecule has 2 aliphatic heterocycles. The van der Waals surface area contributed by atoms with Crippen molar-refractivity contribution in [2.45, 2.75) is 415 Å². The molecule has 0 radical (unpaired) electrons. The summed E-state index contributed by atoms with van der Waals surface area (Å²) in [5.41, 5.74) is 14.1. The van der Waals surface area contributed by atoms with Gasteiger partial charge in [0.25, 0.3) is 0 Å². The van der Waals surface area contributed by atoms with Gasteiger partial charge in [0.1, 0.15) is 23.3 Å². The van der Waals surface area contributed by atoms with Gasteiger partial charge in [-0.15, -0.1) is 0 Å². The van der Waals surface area contributed by atoms with Crippen LogP contribution in [0.2, 0.25) is 0 Å². The van der Waals surface area contributed by atoms with E-state index in [1.54, 1.807) is 0 Å². The average Bonchev–Trinajstić information content (AvgIpc) is 1.58. The third-order valence-corrected chi connectivity index (χ3v) is 25.8. The topological polar surface area (TPSA) is 177 Å². The molecule has 0 unspecified atom stereocenters. The molecular formula is C100H144MgN16. The van der Waals surface area contributed by atoms with Crippen molar-refractivity contribution in [1.82, 2.24) is 78.1 Å². The molecule has 0 fully saturated rings. The third-order valence-electron chi connectivity index (χ3n) is 25.8. The molecule has 0 aliphatic carbocycles. The van der Waals surface area contributed by atoms with Gasteiger partial charge in [0.05, 0.1) is 67.4 Å². The van der Waals surface area contributed by atoms with E-state index in [9.17, 15) is 0 Å². The van der Waals surface area contributed by atoms with Crippen LogP contribution in [0.15, 0.2) is 48.5 Å². The van der Waals surface area contributed by atoms with Gasteiger partial charge in [-0.2, -0.15) is 0 Å². The van der Waals surface area contributed by atoms with E-state index in [1.165, 1.54) is 229 Å². The van der Waals surface area contributed by atoms with Crippen molar-refractivity contribution in [3.05, 3.63) is 71.8 Å². The summed E-state index contributed by atoms with van der Waals surface area (Å²) < 4.78 is 10.2. The minimum atomic E-state index is 0. The molecule has 0 atom stereocenters. The first-order valence-electron chi connectivity index (χ1n) is 47.9. The van der Waals surface area contributed by atoms with Crippen LogP contribution in [-0.2, 0) is 26.2 Å². The summed E-state index contributed by atoms with van der Waals surface area (Å²) in [6.45, 7) is 31.3. The van der Waals surface area contributed by atoms with Crippen molar-refractivity contribution >= 4 is 111 Å². The number of aromatic nitrogens is 16. The summed E-state index contributed by atoms with van der Waals surface area (Å²) in [5.74, 6) is 8.48. The Morgan fingerprint density at radius 1 is 0.222 bits per heavy atom. The summed E-state index contributed by atoms with van der Waals surface area (Å²) >= 11 is 0. The molecule has 16 nitrogen and oxygen atoms in total. The number of rotatable bonds is 52. The van der Waals surface area contributed by atoms with Crippen molar-refractivity contribution in [3.8, 4) is 45.6 Å². The first-order valence-corrected chi connectivity index (χ1v) is 47.9. The zero-order valence-electron chi connectivity index (χ0n) is 74.7. The van der Waals surface area contributed by atoms with Crippen molar-refractivity contribution < 1.29 is 0 Å². The van der Waals surface area contributed by atoms with E-state index >= 15 is 0 Å². The van der Waals surface area contributed by atoms with Gasteiger partial charge in [-0.3, -0.25) is 0 Å². The van der Waals surface area contributed by atoms with Gasteiger partial charge in [0.15, 0.2) is 0 Å². The van der Waals surface area contributed by atoms with Crippen LogP contribution in [0.3, 0.4) is 0 Å². The second-order valence-corrected chi connectivity index (χ2v) is 35.1. The fourth-order valence-electron chi connectivity index (χ4n) is 19.4. The van der Waals surface area contributed by atoms with E-state index in [0.29, 0.717) is 69.6 Å². The van der Waals surface area contributed by atoms with Crippen LogP contribution in [0.5, 0.6) is 0 Å². The van der Waals surface area contributed by atoms with Crippen molar-refractivity contribution in [2.75, 3.05) is 0 Å². The molecule has 2 aliphatic rings. The zero-order valence-corrected chi connectivity index (χ0v) is 76.1. The minimum Gasteiger partial charge on any atom is -0.357 e. The van der Waals surface area contributed by atoms with Gasteiger partial charge >= 0.3 is 23.1 Å². The summed E-state index contributed by atoms with van der Waals surface area (Å²) in [6, 6.07) is 18.5. The fourth-order valence-corrected chi connectivity index (χ4v) is 19.4. The number of fused-ring (bicyclic) bond motifs is 24. The van der Waals surface area contributed by atoms with Crippen LogP contribution >= 0.6 is 0 Å². The molecule has 0 amide bonds. The number of benzene rings is 4. The van der Waals surface area contributed by atoms with Crippen molar-refractivity contribution in [2.24, 2.45) is 0 Å². The van der Waals surface area contributed by atoms with Crippen LogP contribution < -0.4 is 9.97 Å². The molecule has 0 N–H and O–H groups in total. The second kappa shape index (κ2) is 44.4. The maximum absolute atomic E-state index is 5.83. The van der Waals surface area contributed by atoms with Gasteiger partial charge in [-0.1, -0.05) is 289 Å². The predicted molar refractivity (Wildman–Crippen MR) is 495 cm³/mol. The van der Waals surface area contributed by atoms with Crippen LogP contribution in [0, 0.1) is 0 Å². The molecule has 11 aromatic rings. The normalized spacial score (nSPS) is 12.4. The minimum absolute atomic E-state index is 0. The Kier molecular flexibility index (Phi) is 33.9. The molecule has 4 aromatic carbocycles. The summed E-state index contributed by atoms with van der Waals surface area (Å²) in [6.07, 6.45) is 52.5. The second-order valence-electron chi connectivity index (χ2n) is 35.1. The van der Waals surface area contributed by atoms with Crippen LogP contribution in [0.1, 0.15) is 413 Å². The molecule has 626 valence electrons. The van der Waals surface area contributed by atoms with E-state index in [-0.39, 0.29) is 23.1 Å². The average molecular weight is 1590 g/mol. The zero-order chi connectivity index (χ0) is 80.9. The SMILES string of the molecule is CCCCCCC(CCCCCC)c1nc2cc3c(cc2n1CCC)-c1nc-3nc2[n-]c(nc3nc(nc4[n-]c(n1)c1cc5nc(C(CCCCCC)CCCCCC)n(CCC)c5cc41)-c1cc4nc(C(CCCCCC)CCCCCC)n(CCC)c4cc1-3)c1cc3nc(C(CCCCCC)CCCCCC)n(CCC)c3cc21.[Mg+2]. The summed E-state index contributed by atoms with van der Waals surface area (Å²) in [7, 11) is 0. The van der Waals surface area contributed by atoms with Gasteiger partial charge in [0, 0.05) is 94.7 Å². The van der Waals surface area contributed by atoms with Gasteiger partial charge in [0.2, 0.25) is 0 Å². The van der Waals surface area contributed by atoms with Gasteiger partial charge < -0.3 is 48.2 Å². The van der Waals surface area contributed by atoms with Gasteiger partial charge in [-0.25, -0.2) is 29.9 Å². The first kappa shape index (κ1) is 89.2. The van der Waals surface area contributed by atoms with Crippen LogP contribution in [0.25, 0.3) is 134 Å². The molecule has 0 spiro atoms. The Balaban J connectivity index is 0.0000126. The number of unbranched alkanes of at least 4 members (excludes halogenated alkanes) is 24. The van der Waals surface area contributed by atoms with Gasteiger partial charge in [-0.05, 0) is 147 Å². The number of imidazole rings is 4. The largest absolute Gasteiger partial charge is 2.00 e. The number of aryl methyl sites for hydroxylation is 4. The van der Waals surface area contributed by atoms with E-state index in [4.69, 9.17) is 59.8 Å². The molecule has 7 aromatic heterocycles. The molecular weight excluding hydrogens is 1450 g/mol. The van der Waals surface area contributed by atoms with Crippen LogP contribution in [0.4, 0.5) is 0 Å². The molecule has 9 heterocycles. The number of hydrogen-bond donors (Lipinski definition) is 0. The third kappa shape index (κ3) is 20.7.